The van der Waals surface area contributed by atoms with Gasteiger partial charge in [-0.25, -0.2) is 9.97 Å². The molecule has 132 valence electrons. The van der Waals surface area contributed by atoms with E-state index in [1.807, 2.05) is 30.3 Å². The number of aromatic nitrogens is 3. The Kier molecular flexibility index (Phi) is 4.48. The van der Waals surface area contributed by atoms with Gasteiger partial charge in [0.2, 0.25) is 0 Å². The van der Waals surface area contributed by atoms with Crippen LogP contribution < -0.4 is 5.56 Å². The van der Waals surface area contributed by atoms with E-state index in [2.05, 4.69) is 9.97 Å². The fourth-order valence-electron chi connectivity index (χ4n) is 3.38. The summed E-state index contributed by atoms with van der Waals surface area (Å²) in [5.41, 5.74) is 1.87. The van der Waals surface area contributed by atoms with Crippen LogP contribution in [-0.4, -0.2) is 38.4 Å². The fourth-order valence-corrected chi connectivity index (χ4v) is 3.38. The molecule has 0 radical (unpaired) electrons. The number of hydrogen-bond acceptors (Lipinski definition) is 4. The molecule has 6 nitrogen and oxygen atoms in total. The average Bonchev–Trinajstić information content (AvgIpc) is 3.22. The molecule has 1 aromatic carbocycles. The highest BCUT2D eigenvalue weighted by Crippen LogP contribution is 2.13. The van der Waals surface area contributed by atoms with E-state index in [1.54, 1.807) is 27.8 Å². The second-order valence-corrected chi connectivity index (χ2v) is 6.50. The summed E-state index contributed by atoms with van der Waals surface area (Å²) in [4.78, 5) is 36.2. The average molecular weight is 348 g/mol. The van der Waals surface area contributed by atoms with Crippen LogP contribution in [0.2, 0.25) is 0 Å². The highest BCUT2D eigenvalue weighted by Gasteiger charge is 2.25. The molecule has 4 rings (SSSR count). The first-order chi connectivity index (χ1) is 12.7. The predicted octanol–water partition coefficient (Wildman–Crippen LogP) is 2.27. The fraction of sp³-hybridized carbons (Fsp3) is 0.300. The smallest absolute Gasteiger partial charge is 0.283 e. The van der Waals surface area contributed by atoms with Crippen molar-refractivity contribution in [1.29, 1.82) is 0 Å². The van der Waals surface area contributed by atoms with E-state index in [0.717, 1.165) is 18.4 Å². The normalized spacial score (nSPS) is 14.1. The van der Waals surface area contributed by atoms with Gasteiger partial charge < -0.3 is 4.90 Å². The molecule has 6 heteroatoms. The summed E-state index contributed by atoms with van der Waals surface area (Å²) < 4.78 is 1.58. The van der Waals surface area contributed by atoms with Gasteiger partial charge in [-0.3, -0.25) is 14.2 Å². The van der Waals surface area contributed by atoms with Crippen LogP contribution in [-0.2, 0) is 13.0 Å². The minimum Gasteiger partial charge on any atom is -0.337 e. The SMILES string of the molecule is O=C(c1nc2cccnc2n(CCc2ccccc2)c1=O)N1CCCC1. The number of amides is 1. The van der Waals surface area contributed by atoms with E-state index in [-0.39, 0.29) is 17.2 Å². The second-order valence-electron chi connectivity index (χ2n) is 6.50. The van der Waals surface area contributed by atoms with Crippen molar-refractivity contribution in [1.82, 2.24) is 19.4 Å². The molecule has 1 saturated heterocycles. The molecule has 1 amide bonds. The van der Waals surface area contributed by atoms with Crippen molar-refractivity contribution in [3.05, 3.63) is 70.3 Å². The van der Waals surface area contributed by atoms with E-state index in [4.69, 9.17) is 0 Å². The van der Waals surface area contributed by atoms with Gasteiger partial charge in [0.05, 0.1) is 0 Å². The lowest BCUT2D eigenvalue weighted by Crippen LogP contribution is -2.37. The highest BCUT2D eigenvalue weighted by molar-refractivity contribution is 5.93. The van der Waals surface area contributed by atoms with Gasteiger partial charge in [-0.1, -0.05) is 30.3 Å². The molecular weight excluding hydrogens is 328 g/mol. The van der Waals surface area contributed by atoms with Crippen LogP contribution in [0, 0.1) is 0 Å². The minimum atomic E-state index is -0.357. The first kappa shape index (κ1) is 16.4. The second kappa shape index (κ2) is 7.07. The number of likely N-dealkylation sites (tertiary alicyclic amines) is 1. The highest BCUT2D eigenvalue weighted by atomic mass is 16.2. The number of rotatable bonds is 4. The molecule has 0 bridgehead atoms. The maximum Gasteiger partial charge on any atom is 0.283 e. The summed E-state index contributed by atoms with van der Waals surface area (Å²) in [7, 11) is 0. The van der Waals surface area contributed by atoms with Crippen molar-refractivity contribution in [3.8, 4) is 0 Å². The Bertz CT molecular complexity index is 992. The lowest BCUT2D eigenvalue weighted by Gasteiger charge is -2.16. The van der Waals surface area contributed by atoms with Gasteiger partial charge in [0.25, 0.3) is 11.5 Å². The van der Waals surface area contributed by atoms with E-state index >= 15 is 0 Å². The van der Waals surface area contributed by atoms with Crippen LogP contribution in [0.5, 0.6) is 0 Å². The largest absolute Gasteiger partial charge is 0.337 e. The topological polar surface area (TPSA) is 68.1 Å². The summed E-state index contributed by atoms with van der Waals surface area (Å²) in [6.07, 6.45) is 4.28. The van der Waals surface area contributed by atoms with E-state index in [1.165, 1.54) is 0 Å². The van der Waals surface area contributed by atoms with Crippen molar-refractivity contribution in [2.75, 3.05) is 13.1 Å². The third kappa shape index (κ3) is 3.10. The zero-order chi connectivity index (χ0) is 17.9. The minimum absolute atomic E-state index is 0.000427. The quantitative estimate of drug-likeness (QED) is 0.725. The Labute approximate surface area is 151 Å². The Balaban J connectivity index is 1.75. The number of carbonyl (C=O) groups is 1. The molecule has 3 heterocycles. The Morgan fingerprint density at radius 3 is 2.58 bits per heavy atom. The molecule has 1 aliphatic rings. The summed E-state index contributed by atoms with van der Waals surface area (Å²) in [5, 5.41) is 0. The van der Waals surface area contributed by atoms with Gasteiger partial charge in [0.15, 0.2) is 11.3 Å². The summed E-state index contributed by atoms with van der Waals surface area (Å²) in [6, 6.07) is 13.5. The van der Waals surface area contributed by atoms with E-state index < -0.39 is 0 Å². The first-order valence-electron chi connectivity index (χ1n) is 8.93. The first-order valence-corrected chi connectivity index (χ1v) is 8.93. The number of nitrogens with zero attached hydrogens (tertiary/aromatic N) is 4. The van der Waals surface area contributed by atoms with Crippen molar-refractivity contribution >= 4 is 17.1 Å². The van der Waals surface area contributed by atoms with Crippen LogP contribution in [0.25, 0.3) is 11.2 Å². The number of fused-ring (bicyclic) bond motifs is 1. The lowest BCUT2D eigenvalue weighted by atomic mass is 10.1. The van der Waals surface area contributed by atoms with Crippen molar-refractivity contribution in [2.24, 2.45) is 0 Å². The van der Waals surface area contributed by atoms with Gasteiger partial charge in [-0.05, 0) is 37.0 Å². The molecule has 0 spiro atoms. The molecule has 1 aliphatic heterocycles. The number of carbonyl (C=O) groups excluding carboxylic acids is 1. The van der Waals surface area contributed by atoms with Gasteiger partial charge in [0, 0.05) is 25.8 Å². The van der Waals surface area contributed by atoms with Gasteiger partial charge in [-0.2, -0.15) is 0 Å². The molecule has 26 heavy (non-hydrogen) atoms. The number of hydrogen-bond donors (Lipinski definition) is 0. The van der Waals surface area contributed by atoms with Crippen LogP contribution in [0.15, 0.2) is 53.5 Å². The third-order valence-corrected chi connectivity index (χ3v) is 4.76. The molecule has 1 fully saturated rings. The van der Waals surface area contributed by atoms with Crippen molar-refractivity contribution in [2.45, 2.75) is 25.8 Å². The zero-order valence-electron chi connectivity index (χ0n) is 14.5. The maximum atomic E-state index is 13.0. The van der Waals surface area contributed by atoms with Gasteiger partial charge >= 0.3 is 0 Å². The summed E-state index contributed by atoms with van der Waals surface area (Å²) >= 11 is 0. The van der Waals surface area contributed by atoms with Crippen LogP contribution in [0.3, 0.4) is 0 Å². The molecule has 0 N–H and O–H groups in total. The van der Waals surface area contributed by atoms with Gasteiger partial charge in [-0.15, -0.1) is 0 Å². The molecule has 0 unspecified atom stereocenters. The van der Waals surface area contributed by atoms with Crippen LogP contribution in [0.1, 0.15) is 28.9 Å². The van der Waals surface area contributed by atoms with Crippen LogP contribution >= 0.6 is 0 Å². The third-order valence-electron chi connectivity index (χ3n) is 4.76. The molecular formula is C20H20N4O2. The molecule has 2 aromatic heterocycles. The zero-order valence-corrected chi connectivity index (χ0v) is 14.5. The van der Waals surface area contributed by atoms with Gasteiger partial charge in [0.1, 0.15) is 5.52 Å². The standard InChI is InChI=1S/C20H20N4O2/c25-19(23-12-4-5-13-23)17-20(26)24(14-10-15-7-2-1-3-8-15)18-16(22-17)9-6-11-21-18/h1-3,6-9,11H,4-5,10,12-14H2. The Hall–Kier alpha value is -3.02. The summed E-state index contributed by atoms with van der Waals surface area (Å²) in [6.45, 7) is 1.84. The lowest BCUT2D eigenvalue weighted by molar-refractivity contribution is 0.0785. The van der Waals surface area contributed by atoms with Crippen molar-refractivity contribution in [3.63, 3.8) is 0 Å². The molecule has 0 atom stereocenters. The van der Waals surface area contributed by atoms with E-state index in [9.17, 15) is 9.59 Å². The maximum absolute atomic E-state index is 13.0. The number of aryl methyl sites for hydroxylation is 2. The Morgan fingerprint density at radius 2 is 1.81 bits per heavy atom. The van der Waals surface area contributed by atoms with E-state index in [0.29, 0.717) is 37.2 Å². The number of benzene rings is 1. The monoisotopic (exact) mass is 348 g/mol. The molecule has 0 saturated carbocycles. The molecule has 0 aliphatic carbocycles. The van der Waals surface area contributed by atoms with Crippen molar-refractivity contribution < 1.29 is 4.79 Å². The number of pyridine rings is 1. The predicted molar refractivity (Wildman–Crippen MR) is 99.1 cm³/mol. The summed E-state index contributed by atoms with van der Waals surface area (Å²) in [5.74, 6) is -0.272. The van der Waals surface area contributed by atoms with Crippen LogP contribution in [0.4, 0.5) is 0 Å². The molecule has 3 aromatic rings. The Morgan fingerprint density at radius 1 is 1.04 bits per heavy atom.